The lowest BCUT2D eigenvalue weighted by Crippen LogP contribution is -2.53. The average molecular weight is 400 g/mol. The van der Waals surface area contributed by atoms with Crippen LogP contribution in [0.2, 0.25) is 0 Å². The summed E-state index contributed by atoms with van der Waals surface area (Å²) in [5.74, 6) is -1.68. The number of halogens is 1. The molecule has 1 saturated heterocycles. The minimum absolute atomic E-state index is 0.148. The van der Waals surface area contributed by atoms with Gasteiger partial charge in [0, 0.05) is 13.1 Å². The van der Waals surface area contributed by atoms with E-state index in [1.807, 2.05) is 0 Å². The van der Waals surface area contributed by atoms with Gasteiger partial charge in [0.15, 0.2) is 0 Å². The fourth-order valence-electron chi connectivity index (χ4n) is 3.36. The van der Waals surface area contributed by atoms with E-state index in [-0.39, 0.29) is 24.0 Å². The predicted molar refractivity (Wildman–Crippen MR) is 99.1 cm³/mol. The SMILES string of the molecule is CC[C@H](C(=O)N1CCC(C(=O)OC)CC1)N(c1ccccc1F)S(C)(=O)=O. The Labute approximate surface area is 159 Å². The molecule has 27 heavy (non-hydrogen) atoms. The number of sulfonamides is 1. The third-order valence-electron chi connectivity index (χ3n) is 4.74. The summed E-state index contributed by atoms with van der Waals surface area (Å²) in [7, 11) is -2.57. The zero-order valence-corrected chi connectivity index (χ0v) is 16.5. The second-order valence-electron chi connectivity index (χ2n) is 6.56. The highest BCUT2D eigenvalue weighted by molar-refractivity contribution is 7.92. The monoisotopic (exact) mass is 400 g/mol. The molecule has 7 nitrogen and oxygen atoms in total. The van der Waals surface area contributed by atoms with Crippen LogP contribution in [0.5, 0.6) is 0 Å². The lowest BCUT2D eigenvalue weighted by Gasteiger charge is -2.37. The van der Waals surface area contributed by atoms with Crippen molar-refractivity contribution in [3.63, 3.8) is 0 Å². The van der Waals surface area contributed by atoms with Crippen LogP contribution in [0.4, 0.5) is 10.1 Å². The van der Waals surface area contributed by atoms with Crippen LogP contribution in [0.15, 0.2) is 24.3 Å². The highest BCUT2D eigenvalue weighted by Gasteiger charge is 2.37. The van der Waals surface area contributed by atoms with E-state index in [4.69, 9.17) is 4.74 Å². The highest BCUT2D eigenvalue weighted by atomic mass is 32.2. The Hall–Kier alpha value is -2.16. The van der Waals surface area contributed by atoms with E-state index in [2.05, 4.69) is 0 Å². The Morgan fingerprint density at radius 2 is 1.89 bits per heavy atom. The van der Waals surface area contributed by atoms with E-state index in [0.29, 0.717) is 25.9 Å². The van der Waals surface area contributed by atoms with Gasteiger partial charge in [-0.3, -0.25) is 13.9 Å². The molecule has 1 fully saturated rings. The molecule has 2 rings (SSSR count). The Balaban J connectivity index is 2.26. The molecule has 0 unspecified atom stereocenters. The second-order valence-corrected chi connectivity index (χ2v) is 8.42. The molecule has 1 amide bonds. The highest BCUT2D eigenvalue weighted by Crippen LogP contribution is 2.27. The summed E-state index contributed by atoms with van der Waals surface area (Å²) in [6.45, 7) is 2.33. The van der Waals surface area contributed by atoms with Crippen molar-refractivity contribution in [2.45, 2.75) is 32.2 Å². The molecule has 0 spiro atoms. The molecule has 1 aliphatic rings. The Morgan fingerprint density at radius 1 is 1.30 bits per heavy atom. The number of para-hydroxylation sites is 1. The summed E-state index contributed by atoms with van der Waals surface area (Å²) in [6.07, 6.45) is 2.05. The minimum Gasteiger partial charge on any atom is -0.469 e. The molecule has 0 radical (unpaired) electrons. The number of rotatable bonds is 6. The summed E-state index contributed by atoms with van der Waals surface area (Å²) in [5.41, 5.74) is -0.148. The first-order chi connectivity index (χ1) is 12.7. The number of likely N-dealkylation sites (tertiary alicyclic amines) is 1. The summed E-state index contributed by atoms with van der Waals surface area (Å²) < 4.78 is 44.6. The Morgan fingerprint density at radius 3 is 2.37 bits per heavy atom. The predicted octanol–water partition coefficient (Wildman–Crippen LogP) is 1.78. The second kappa shape index (κ2) is 8.69. The normalized spacial score (nSPS) is 16.7. The molecule has 1 aromatic rings. The maximum absolute atomic E-state index is 14.3. The molecule has 9 heteroatoms. The Bertz CT molecular complexity index is 791. The summed E-state index contributed by atoms with van der Waals surface area (Å²) in [6, 6.07) is 4.43. The standard InChI is InChI=1S/C18H25FN2O5S/c1-4-15(17(22)20-11-9-13(10-12-20)18(23)26-2)21(27(3,24)25)16-8-6-5-7-14(16)19/h5-8,13,15H,4,9-12H2,1-3H3/t15-/m1/s1. The maximum Gasteiger partial charge on any atom is 0.308 e. The van der Waals surface area contributed by atoms with Crippen molar-refractivity contribution < 1.29 is 27.1 Å². The van der Waals surface area contributed by atoms with Crippen LogP contribution >= 0.6 is 0 Å². The number of carbonyl (C=O) groups is 2. The van der Waals surface area contributed by atoms with Crippen molar-refractivity contribution >= 4 is 27.6 Å². The van der Waals surface area contributed by atoms with Gasteiger partial charge >= 0.3 is 5.97 Å². The minimum atomic E-state index is -3.89. The van der Waals surface area contributed by atoms with Crippen molar-refractivity contribution in [1.82, 2.24) is 4.90 Å². The first kappa shape index (κ1) is 21.1. The van der Waals surface area contributed by atoms with E-state index in [1.54, 1.807) is 6.92 Å². The van der Waals surface area contributed by atoms with Gasteiger partial charge in [0.25, 0.3) is 0 Å². The van der Waals surface area contributed by atoms with E-state index in [0.717, 1.165) is 16.6 Å². The largest absolute Gasteiger partial charge is 0.469 e. The molecule has 1 aliphatic heterocycles. The van der Waals surface area contributed by atoms with Crippen LogP contribution in [0.3, 0.4) is 0 Å². The van der Waals surface area contributed by atoms with Crippen molar-refractivity contribution in [1.29, 1.82) is 0 Å². The molecular formula is C18H25FN2O5S. The van der Waals surface area contributed by atoms with Gasteiger partial charge < -0.3 is 9.64 Å². The zero-order valence-electron chi connectivity index (χ0n) is 15.7. The van der Waals surface area contributed by atoms with Crippen molar-refractivity contribution in [2.75, 3.05) is 30.8 Å². The zero-order chi connectivity index (χ0) is 20.2. The van der Waals surface area contributed by atoms with Gasteiger partial charge in [0.1, 0.15) is 11.9 Å². The number of piperidine rings is 1. The first-order valence-electron chi connectivity index (χ1n) is 8.81. The quantitative estimate of drug-likeness (QED) is 0.680. The van der Waals surface area contributed by atoms with E-state index in [9.17, 15) is 22.4 Å². The van der Waals surface area contributed by atoms with E-state index in [1.165, 1.54) is 30.2 Å². The van der Waals surface area contributed by atoms with Crippen LogP contribution in [0.25, 0.3) is 0 Å². The summed E-state index contributed by atoms with van der Waals surface area (Å²) >= 11 is 0. The number of ether oxygens (including phenoxy) is 1. The van der Waals surface area contributed by atoms with Gasteiger partial charge in [-0.15, -0.1) is 0 Å². The molecule has 0 saturated carbocycles. The van der Waals surface area contributed by atoms with Gasteiger partial charge in [0.2, 0.25) is 15.9 Å². The van der Waals surface area contributed by atoms with Gasteiger partial charge in [-0.25, -0.2) is 12.8 Å². The van der Waals surface area contributed by atoms with Crippen molar-refractivity contribution in [3.8, 4) is 0 Å². The van der Waals surface area contributed by atoms with E-state index >= 15 is 0 Å². The number of methoxy groups -OCH3 is 1. The molecule has 1 atom stereocenters. The number of hydrogen-bond acceptors (Lipinski definition) is 5. The number of anilines is 1. The van der Waals surface area contributed by atoms with Crippen LogP contribution < -0.4 is 4.31 Å². The lowest BCUT2D eigenvalue weighted by molar-refractivity contribution is -0.149. The fraction of sp³-hybridized carbons (Fsp3) is 0.556. The van der Waals surface area contributed by atoms with Gasteiger partial charge in [-0.05, 0) is 31.4 Å². The molecule has 0 aliphatic carbocycles. The maximum atomic E-state index is 14.3. The number of amides is 1. The molecule has 1 heterocycles. The van der Waals surface area contributed by atoms with Crippen molar-refractivity contribution in [3.05, 3.63) is 30.1 Å². The smallest absolute Gasteiger partial charge is 0.308 e. The molecule has 0 N–H and O–H groups in total. The topological polar surface area (TPSA) is 84.0 Å². The molecule has 0 aromatic heterocycles. The van der Waals surface area contributed by atoms with Crippen LogP contribution in [-0.4, -0.2) is 57.7 Å². The average Bonchev–Trinajstić information content (AvgIpc) is 2.65. The van der Waals surface area contributed by atoms with Crippen LogP contribution in [0.1, 0.15) is 26.2 Å². The van der Waals surface area contributed by atoms with Crippen molar-refractivity contribution in [2.24, 2.45) is 5.92 Å². The number of hydrogen-bond donors (Lipinski definition) is 0. The molecular weight excluding hydrogens is 375 g/mol. The van der Waals surface area contributed by atoms with Gasteiger partial charge in [-0.2, -0.15) is 0 Å². The number of benzene rings is 1. The first-order valence-corrected chi connectivity index (χ1v) is 10.7. The molecule has 1 aromatic carbocycles. The lowest BCUT2D eigenvalue weighted by atomic mass is 9.96. The third-order valence-corrected chi connectivity index (χ3v) is 5.91. The summed E-state index contributed by atoms with van der Waals surface area (Å²) in [5, 5.41) is 0. The Kier molecular flexibility index (Phi) is 6.80. The number of carbonyl (C=O) groups excluding carboxylic acids is 2. The van der Waals surface area contributed by atoms with Gasteiger partial charge in [-0.1, -0.05) is 19.1 Å². The van der Waals surface area contributed by atoms with Crippen LogP contribution in [0, 0.1) is 11.7 Å². The number of esters is 1. The summed E-state index contributed by atoms with van der Waals surface area (Å²) in [4.78, 5) is 26.2. The fourth-order valence-corrected chi connectivity index (χ4v) is 4.57. The van der Waals surface area contributed by atoms with Crippen LogP contribution in [-0.2, 0) is 24.3 Å². The molecule has 0 bridgehead atoms. The third kappa shape index (κ3) is 4.77. The van der Waals surface area contributed by atoms with Gasteiger partial charge in [0.05, 0.1) is 25.0 Å². The molecule has 150 valence electrons. The van der Waals surface area contributed by atoms with E-state index < -0.39 is 27.8 Å². The number of nitrogens with zero attached hydrogens (tertiary/aromatic N) is 2.